The van der Waals surface area contributed by atoms with Gasteiger partial charge in [0, 0.05) is 29.3 Å². The fraction of sp³-hybridized carbons (Fsp3) is 0.750. The van der Waals surface area contributed by atoms with Crippen LogP contribution in [-0.4, -0.2) is 101 Å². The fourth-order valence-corrected chi connectivity index (χ4v) is 8.31. The van der Waals surface area contributed by atoms with Crippen molar-refractivity contribution in [2.75, 3.05) is 38.5 Å². The van der Waals surface area contributed by atoms with E-state index in [1.165, 1.54) is 12.8 Å². The molecule has 4 rings (SSSR count). The average Bonchev–Trinajstić information content (AvgIpc) is 3.53. The summed E-state index contributed by atoms with van der Waals surface area (Å²) in [4.78, 5) is 45.9. The number of piperidine rings is 1. The molecule has 1 aromatic carbocycles. The highest BCUT2D eigenvalue weighted by atomic mass is 32.2. The summed E-state index contributed by atoms with van der Waals surface area (Å²) in [6, 6.07) is 8.40. The third kappa shape index (κ3) is 11.0. The first kappa shape index (κ1) is 36.7. The van der Waals surface area contributed by atoms with Crippen molar-refractivity contribution in [1.29, 1.82) is 0 Å². The maximum atomic E-state index is 13.9. The second-order valence-corrected chi connectivity index (χ2v) is 16.1. The van der Waals surface area contributed by atoms with Crippen LogP contribution in [0.2, 0.25) is 0 Å². The minimum absolute atomic E-state index is 0.0144. The predicted molar refractivity (Wildman–Crippen MR) is 185 cm³/mol. The number of likely N-dealkylation sites (tertiary alicyclic amines) is 2. The smallest absolute Gasteiger partial charge is 0.243 e. The van der Waals surface area contributed by atoms with Gasteiger partial charge in [0.25, 0.3) is 0 Å². The van der Waals surface area contributed by atoms with Crippen molar-refractivity contribution in [1.82, 2.24) is 25.8 Å². The first-order chi connectivity index (χ1) is 21.9. The van der Waals surface area contributed by atoms with Crippen molar-refractivity contribution in [2.45, 2.75) is 121 Å². The highest BCUT2D eigenvalue weighted by Gasteiger charge is 2.42. The number of rotatable bonds is 14. The highest BCUT2D eigenvalue weighted by molar-refractivity contribution is 7.99. The Morgan fingerprint density at radius 1 is 1.00 bits per heavy atom. The summed E-state index contributed by atoms with van der Waals surface area (Å²) in [5, 5.41) is 21.3. The van der Waals surface area contributed by atoms with Crippen LogP contribution in [0, 0.1) is 17.8 Å². The molecular weight excluding hydrogens is 598 g/mol. The minimum Gasteiger partial charge on any atom is -0.390 e. The van der Waals surface area contributed by atoms with Gasteiger partial charge in [0.1, 0.15) is 6.04 Å². The minimum atomic E-state index is -0.900. The molecule has 9 nitrogen and oxygen atoms in total. The molecule has 0 radical (unpaired) electrons. The third-order valence-corrected chi connectivity index (χ3v) is 11.2. The number of β-amino-alcohol motifs (C(OH)–C–C–N with tert-alkyl or cyclic N) is 1. The molecule has 2 aliphatic heterocycles. The Bertz CT molecular complexity index is 1130. The van der Waals surface area contributed by atoms with Crippen LogP contribution in [0.5, 0.6) is 0 Å². The molecule has 0 bridgehead atoms. The number of nitrogens with zero attached hydrogens (tertiary/aromatic N) is 2. The third-order valence-electron chi connectivity index (χ3n) is 10.1. The van der Waals surface area contributed by atoms with Gasteiger partial charge in [-0.05, 0) is 89.4 Å². The molecule has 1 saturated carbocycles. The molecule has 1 aliphatic carbocycles. The van der Waals surface area contributed by atoms with Gasteiger partial charge in [0.15, 0.2) is 0 Å². The molecule has 10 heteroatoms. The number of aliphatic hydroxyl groups excluding tert-OH is 1. The first-order valence-electron chi connectivity index (χ1n) is 17.7. The Kier molecular flexibility index (Phi) is 13.8. The van der Waals surface area contributed by atoms with E-state index in [2.05, 4.69) is 25.8 Å². The molecule has 0 aromatic heterocycles. The number of thioether (sulfide) groups is 1. The SMILES string of the molecule is CCC(C)[C@H](NC(=O)CN1CCCC1)C(=O)N[C@@H](CSc1ccccc1)[C@H](O)CN1CC2CCCCC2C[C@H]1C(=O)NC(C)(C)C. The van der Waals surface area contributed by atoms with E-state index in [1.54, 1.807) is 11.8 Å². The number of carbonyl (C=O) groups is 3. The Labute approximate surface area is 281 Å². The quantitative estimate of drug-likeness (QED) is 0.223. The van der Waals surface area contributed by atoms with Gasteiger partial charge >= 0.3 is 0 Å². The van der Waals surface area contributed by atoms with E-state index in [0.717, 1.165) is 63.1 Å². The molecule has 3 unspecified atom stereocenters. The maximum Gasteiger partial charge on any atom is 0.243 e. The fourth-order valence-electron chi connectivity index (χ4n) is 7.28. The maximum absolute atomic E-state index is 13.9. The molecule has 258 valence electrons. The summed E-state index contributed by atoms with van der Waals surface area (Å²) < 4.78 is 0. The second-order valence-electron chi connectivity index (χ2n) is 15.0. The highest BCUT2D eigenvalue weighted by Crippen LogP contribution is 2.39. The van der Waals surface area contributed by atoms with Crippen LogP contribution in [0.1, 0.15) is 86.0 Å². The van der Waals surface area contributed by atoms with Gasteiger partial charge in [0.2, 0.25) is 17.7 Å². The summed E-state index contributed by atoms with van der Waals surface area (Å²) in [6.45, 7) is 13.2. The van der Waals surface area contributed by atoms with Crippen LogP contribution in [-0.2, 0) is 14.4 Å². The van der Waals surface area contributed by atoms with Crippen molar-refractivity contribution in [2.24, 2.45) is 17.8 Å². The molecule has 1 aromatic rings. The summed E-state index contributed by atoms with van der Waals surface area (Å²) in [6.07, 6.45) is 7.57. The molecule has 7 atom stereocenters. The van der Waals surface area contributed by atoms with E-state index >= 15 is 0 Å². The van der Waals surface area contributed by atoms with E-state index < -0.39 is 18.2 Å². The van der Waals surface area contributed by atoms with Crippen LogP contribution in [0.15, 0.2) is 35.2 Å². The molecule has 4 N–H and O–H groups in total. The summed E-state index contributed by atoms with van der Waals surface area (Å²) in [7, 11) is 0. The van der Waals surface area contributed by atoms with Crippen LogP contribution in [0.25, 0.3) is 0 Å². The topological polar surface area (TPSA) is 114 Å². The largest absolute Gasteiger partial charge is 0.390 e. The number of hydrogen-bond acceptors (Lipinski definition) is 7. The Hall–Kier alpha value is -2.14. The zero-order valence-electron chi connectivity index (χ0n) is 28.8. The Balaban J connectivity index is 1.50. The lowest BCUT2D eigenvalue weighted by Crippen LogP contribution is -2.61. The van der Waals surface area contributed by atoms with Gasteiger partial charge < -0.3 is 21.1 Å². The zero-order valence-corrected chi connectivity index (χ0v) is 29.6. The molecule has 0 spiro atoms. The van der Waals surface area contributed by atoms with E-state index in [1.807, 2.05) is 65.0 Å². The molecule has 3 fully saturated rings. The van der Waals surface area contributed by atoms with Crippen LogP contribution < -0.4 is 16.0 Å². The van der Waals surface area contributed by atoms with Crippen molar-refractivity contribution in [3.05, 3.63) is 30.3 Å². The van der Waals surface area contributed by atoms with Gasteiger partial charge in [-0.15, -0.1) is 11.8 Å². The normalized spacial score (nSPS) is 25.1. The lowest BCUT2D eigenvalue weighted by molar-refractivity contribution is -0.133. The average molecular weight is 658 g/mol. The number of hydrogen-bond donors (Lipinski definition) is 4. The van der Waals surface area contributed by atoms with E-state index in [-0.39, 0.29) is 35.2 Å². The molecule has 3 aliphatic rings. The lowest BCUT2D eigenvalue weighted by Gasteiger charge is -2.47. The summed E-state index contributed by atoms with van der Waals surface area (Å²) >= 11 is 1.59. The second kappa shape index (κ2) is 17.3. The standard InChI is InChI=1S/C36H59N5O4S/c1-6-25(2)33(38-32(43)23-40-18-12-13-19-40)35(45)37-29(24-46-28-16-8-7-9-17-28)31(42)22-41-21-27-15-11-10-14-26(27)20-30(41)34(44)39-36(3,4)5/h7-9,16-17,25-27,29-31,33,42H,6,10-15,18-24H2,1-5H3,(H,37,45)(H,38,43)(H,39,44)/t25?,26?,27?,29-,30-,31+,33-/m0/s1. The van der Waals surface area contributed by atoms with Crippen LogP contribution in [0.3, 0.4) is 0 Å². The Morgan fingerprint density at radius 2 is 1.67 bits per heavy atom. The monoisotopic (exact) mass is 657 g/mol. The predicted octanol–water partition coefficient (Wildman–Crippen LogP) is 4.05. The molecule has 2 heterocycles. The Morgan fingerprint density at radius 3 is 2.33 bits per heavy atom. The van der Waals surface area contributed by atoms with Crippen LogP contribution in [0.4, 0.5) is 0 Å². The first-order valence-corrected chi connectivity index (χ1v) is 18.7. The van der Waals surface area contributed by atoms with Crippen molar-refractivity contribution < 1.29 is 19.5 Å². The van der Waals surface area contributed by atoms with E-state index in [4.69, 9.17) is 0 Å². The van der Waals surface area contributed by atoms with E-state index in [0.29, 0.717) is 30.7 Å². The van der Waals surface area contributed by atoms with Gasteiger partial charge in [-0.25, -0.2) is 0 Å². The molecule has 46 heavy (non-hydrogen) atoms. The van der Waals surface area contributed by atoms with Crippen molar-refractivity contribution >= 4 is 29.5 Å². The van der Waals surface area contributed by atoms with Gasteiger partial charge in [-0.1, -0.05) is 57.7 Å². The zero-order chi connectivity index (χ0) is 33.3. The number of aliphatic hydroxyl groups is 1. The lowest BCUT2D eigenvalue weighted by atomic mass is 9.72. The number of amides is 3. The van der Waals surface area contributed by atoms with Crippen molar-refractivity contribution in [3.63, 3.8) is 0 Å². The molecule has 2 saturated heterocycles. The van der Waals surface area contributed by atoms with Crippen LogP contribution >= 0.6 is 11.8 Å². The molecular formula is C36H59N5O4S. The number of fused-ring (bicyclic) bond motifs is 1. The van der Waals surface area contributed by atoms with Gasteiger partial charge in [-0.3, -0.25) is 24.2 Å². The van der Waals surface area contributed by atoms with E-state index in [9.17, 15) is 19.5 Å². The van der Waals surface area contributed by atoms with Crippen molar-refractivity contribution in [3.8, 4) is 0 Å². The van der Waals surface area contributed by atoms with Gasteiger partial charge in [-0.2, -0.15) is 0 Å². The van der Waals surface area contributed by atoms with Gasteiger partial charge in [0.05, 0.1) is 24.7 Å². The number of nitrogens with one attached hydrogen (secondary N) is 3. The summed E-state index contributed by atoms with van der Waals surface area (Å²) in [5.41, 5.74) is -0.349. The summed E-state index contributed by atoms with van der Waals surface area (Å²) in [5.74, 6) is 1.05. The number of carbonyl (C=O) groups excluding carboxylic acids is 3. The molecule has 3 amide bonds. The number of benzene rings is 1.